The zero-order valence-corrected chi connectivity index (χ0v) is 17.3. The number of morpholine rings is 1. The number of imidazole rings is 1. The zero-order valence-electron chi connectivity index (χ0n) is 14.9. The lowest BCUT2D eigenvalue weighted by Crippen LogP contribution is -2.52. The topological polar surface area (TPSA) is 66.7 Å². The van der Waals surface area contributed by atoms with Crippen molar-refractivity contribution >= 4 is 29.9 Å². The minimum Gasteiger partial charge on any atom is -0.379 e. The molecule has 1 aromatic heterocycles. The average Bonchev–Trinajstić information content (AvgIpc) is 3.07. The van der Waals surface area contributed by atoms with Crippen LogP contribution in [0.5, 0.6) is 0 Å². The van der Waals surface area contributed by atoms with Gasteiger partial charge in [0.1, 0.15) is 0 Å². The Morgan fingerprint density at radius 1 is 1.29 bits per heavy atom. The van der Waals surface area contributed by atoms with Crippen molar-refractivity contribution in [1.82, 2.24) is 25.1 Å². The van der Waals surface area contributed by atoms with Gasteiger partial charge in [0.25, 0.3) is 0 Å². The average molecular weight is 450 g/mol. The quantitative estimate of drug-likeness (QED) is 0.369. The van der Waals surface area contributed by atoms with Crippen molar-refractivity contribution in [2.24, 2.45) is 10.9 Å². The van der Waals surface area contributed by atoms with E-state index in [9.17, 15) is 0 Å². The van der Waals surface area contributed by atoms with Gasteiger partial charge in [-0.3, -0.25) is 9.89 Å². The zero-order chi connectivity index (χ0) is 16.5. The van der Waals surface area contributed by atoms with Gasteiger partial charge in [-0.25, -0.2) is 4.98 Å². The molecule has 24 heavy (non-hydrogen) atoms. The lowest BCUT2D eigenvalue weighted by atomic mass is 10.0. The fourth-order valence-corrected chi connectivity index (χ4v) is 2.84. The number of hydrogen-bond donors (Lipinski definition) is 2. The van der Waals surface area contributed by atoms with E-state index in [1.54, 1.807) is 6.20 Å². The number of hydrogen-bond acceptors (Lipinski definition) is 4. The third kappa shape index (κ3) is 6.94. The fraction of sp³-hybridized carbons (Fsp3) is 0.750. The first-order chi connectivity index (χ1) is 11.2. The molecule has 1 saturated heterocycles. The lowest BCUT2D eigenvalue weighted by Gasteiger charge is -2.37. The van der Waals surface area contributed by atoms with Crippen LogP contribution in [0.1, 0.15) is 13.8 Å². The van der Waals surface area contributed by atoms with Gasteiger partial charge in [-0.05, 0) is 5.92 Å². The molecule has 0 spiro atoms. The van der Waals surface area contributed by atoms with Gasteiger partial charge in [0.2, 0.25) is 0 Å². The lowest BCUT2D eigenvalue weighted by molar-refractivity contribution is 0.00752. The van der Waals surface area contributed by atoms with E-state index in [2.05, 4.69) is 39.4 Å². The molecule has 0 amide bonds. The van der Waals surface area contributed by atoms with Crippen molar-refractivity contribution in [3.05, 3.63) is 18.7 Å². The number of guanidine groups is 1. The van der Waals surface area contributed by atoms with Crippen molar-refractivity contribution in [2.75, 3.05) is 46.4 Å². The van der Waals surface area contributed by atoms with Crippen molar-refractivity contribution in [1.29, 1.82) is 0 Å². The summed E-state index contributed by atoms with van der Waals surface area (Å²) >= 11 is 0. The summed E-state index contributed by atoms with van der Waals surface area (Å²) in [6.45, 7) is 10.8. The molecule has 8 heteroatoms. The highest BCUT2D eigenvalue weighted by Crippen LogP contribution is 2.12. The molecule has 2 N–H and O–H groups in total. The van der Waals surface area contributed by atoms with Gasteiger partial charge in [-0.1, -0.05) is 13.8 Å². The largest absolute Gasteiger partial charge is 0.379 e. The summed E-state index contributed by atoms with van der Waals surface area (Å²) in [7, 11) is 1.81. The number of nitrogens with zero attached hydrogens (tertiary/aromatic N) is 4. The first kappa shape index (κ1) is 21.2. The molecule has 0 aliphatic carbocycles. The van der Waals surface area contributed by atoms with Crippen molar-refractivity contribution in [3.63, 3.8) is 0 Å². The first-order valence-corrected chi connectivity index (χ1v) is 8.42. The van der Waals surface area contributed by atoms with Gasteiger partial charge in [0.05, 0.1) is 19.5 Å². The van der Waals surface area contributed by atoms with E-state index < -0.39 is 0 Å². The molecule has 1 unspecified atom stereocenters. The number of aromatic nitrogens is 2. The maximum absolute atomic E-state index is 5.46. The molecule has 1 aromatic rings. The molecule has 0 bridgehead atoms. The minimum absolute atomic E-state index is 0. The molecular formula is C16H31IN6O. The van der Waals surface area contributed by atoms with E-state index in [4.69, 9.17) is 4.74 Å². The molecule has 2 rings (SSSR count). The highest BCUT2D eigenvalue weighted by molar-refractivity contribution is 14.0. The Kier molecular flexibility index (Phi) is 10.3. The highest BCUT2D eigenvalue weighted by atomic mass is 127. The number of halogens is 1. The molecule has 0 radical (unpaired) electrons. The predicted octanol–water partition coefficient (Wildman–Crippen LogP) is 1.02. The van der Waals surface area contributed by atoms with Crippen LogP contribution in [0.25, 0.3) is 0 Å². The van der Waals surface area contributed by atoms with Crippen molar-refractivity contribution < 1.29 is 4.74 Å². The van der Waals surface area contributed by atoms with Crippen LogP contribution in [-0.2, 0) is 11.3 Å². The Balaban J connectivity index is 0.00000288. The predicted molar refractivity (Wildman–Crippen MR) is 108 cm³/mol. The number of nitrogens with one attached hydrogen (secondary N) is 2. The van der Waals surface area contributed by atoms with E-state index >= 15 is 0 Å². The van der Waals surface area contributed by atoms with Crippen LogP contribution in [-0.4, -0.2) is 72.9 Å². The summed E-state index contributed by atoms with van der Waals surface area (Å²) in [4.78, 5) is 10.9. The van der Waals surface area contributed by atoms with Crippen LogP contribution in [0.15, 0.2) is 23.7 Å². The third-order valence-electron chi connectivity index (χ3n) is 4.21. The Morgan fingerprint density at radius 3 is 2.62 bits per heavy atom. The smallest absolute Gasteiger partial charge is 0.191 e. The van der Waals surface area contributed by atoms with Gasteiger partial charge in [-0.2, -0.15) is 0 Å². The maximum Gasteiger partial charge on any atom is 0.191 e. The summed E-state index contributed by atoms with van der Waals surface area (Å²) < 4.78 is 7.51. The second kappa shape index (κ2) is 11.6. The molecule has 1 aliphatic rings. The Morgan fingerprint density at radius 2 is 2.04 bits per heavy atom. The normalized spacial score (nSPS) is 17.4. The van der Waals surface area contributed by atoms with Crippen LogP contribution in [0.3, 0.4) is 0 Å². The molecule has 1 atom stereocenters. The molecule has 1 aliphatic heterocycles. The summed E-state index contributed by atoms with van der Waals surface area (Å²) in [5, 5.41) is 6.81. The third-order valence-corrected chi connectivity index (χ3v) is 4.21. The van der Waals surface area contributed by atoms with Gasteiger partial charge < -0.3 is 19.9 Å². The van der Waals surface area contributed by atoms with E-state index in [0.29, 0.717) is 12.0 Å². The van der Waals surface area contributed by atoms with E-state index in [1.807, 2.05) is 24.1 Å². The second-order valence-corrected chi connectivity index (χ2v) is 6.14. The second-order valence-electron chi connectivity index (χ2n) is 6.14. The van der Waals surface area contributed by atoms with Crippen LogP contribution in [0.2, 0.25) is 0 Å². The Labute approximate surface area is 162 Å². The minimum atomic E-state index is 0. The molecule has 0 aromatic carbocycles. The summed E-state index contributed by atoms with van der Waals surface area (Å²) in [5.74, 6) is 1.44. The molecule has 1 fully saturated rings. The van der Waals surface area contributed by atoms with E-state index in [1.165, 1.54) is 0 Å². The monoisotopic (exact) mass is 450 g/mol. The Hall–Kier alpha value is -0.870. The highest BCUT2D eigenvalue weighted by Gasteiger charge is 2.23. The van der Waals surface area contributed by atoms with Gasteiger partial charge in [0.15, 0.2) is 5.96 Å². The summed E-state index contributed by atoms with van der Waals surface area (Å²) in [6, 6.07) is 0.492. The molecule has 0 saturated carbocycles. The van der Waals surface area contributed by atoms with Crippen LogP contribution >= 0.6 is 24.0 Å². The van der Waals surface area contributed by atoms with Gasteiger partial charge >= 0.3 is 0 Å². The van der Waals surface area contributed by atoms with Crippen molar-refractivity contribution in [2.45, 2.75) is 26.4 Å². The van der Waals surface area contributed by atoms with Gasteiger partial charge in [0, 0.05) is 58.2 Å². The van der Waals surface area contributed by atoms with Gasteiger partial charge in [-0.15, -0.1) is 24.0 Å². The molecule has 7 nitrogen and oxygen atoms in total. The molecule has 138 valence electrons. The van der Waals surface area contributed by atoms with Crippen LogP contribution < -0.4 is 10.6 Å². The fourth-order valence-electron chi connectivity index (χ4n) is 2.84. The number of rotatable bonds is 7. The SMILES string of the molecule is CN=C(NCCn1ccnc1)NCC(C(C)C)N1CCOCC1.I. The standard InChI is InChI=1S/C16H30N6O.HI/c1-14(2)15(22-8-10-23-11-9-22)12-20-16(17-3)19-5-7-21-6-4-18-13-21;/h4,6,13-15H,5,7-12H2,1-3H3,(H2,17,19,20);1H. The first-order valence-electron chi connectivity index (χ1n) is 8.42. The molecular weight excluding hydrogens is 419 g/mol. The summed E-state index contributed by atoms with van der Waals surface area (Å²) in [5.41, 5.74) is 0. The van der Waals surface area contributed by atoms with Crippen molar-refractivity contribution in [3.8, 4) is 0 Å². The maximum atomic E-state index is 5.46. The number of ether oxygens (including phenoxy) is 1. The van der Waals surface area contributed by atoms with Crippen LogP contribution in [0, 0.1) is 5.92 Å². The van der Waals surface area contributed by atoms with E-state index in [0.717, 1.165) is 51.9 Å². The van der Waals surface area contributed by atoms with E-state index in [-0.39, 0.29) is 24.0 Å². The number of aliphatic imine (C=N–C) groups is 1. The van der Waals surface area contributed by atoms with Crippen LogP contribution in [0.4, 0.5) is 0 Å². The summed E-state index contributed by atoms with van der Waals surface area (Å²) in [6.07, 6.45) is 5.58. The Bertz CT molecular complexity index is 459. The molecule has 2 heterocycles.